The molecule has 0 saturated heterocycles. The van der Waals surface area contributed by atoms with Crippen molar-refractivity contribution in [1.29, 1.82) is 0 Å². The van der Waals surface area contributed by atoms with Gasteiger partial charge in [0.1, 0.15) is 5.84 Å². The monoisotopic (exact) mass is 180 g/mol. The highest BCUT2D eigenvalue weighted by atomic mass is 16.2. The van der Waals surface area contributed by atoms with E-state index in [9.17, 15) is 4.79 Å². The second kappa shape index (κ2) is 4.21. The van der Waals surface area contributed by atoms with Gasteiger partial charge in [-0.15, -0.1) is 0 Å². The molecule has 1 rings (SSSR count). The zero-order valence-corrected chi connectivity index (χ0v) is 8.29. The van der Waals surface area contributed by atoms with Crippen molar-refractivity contribution in [2.24, 2.45) is 4.99 Å². The number of carbonyl (C=O) groups excluding carboxylic acids is 1. The molecule has 3 heteroatoms. The maximum Gasteiger partial charge on any atom is 0.251 e. The van der Waals surface area contributed by atoms with E-state index in [-0.39, 0.29) is 11.9 Å². The molecule has 1 heterocycles. The van der Waals surface area contributed by atoms with Crippen LogP contribution in [0.5, 0.6) is 0 Å². The van der Waals surface area contributed by atoms with E-state index < -0.39 is 0 Å². The fourth-order valence-electron chi connectivity index (χ4n) is 1.50. The molecule has 72 valence electrons. The van der Waals surface area contributed by atoms with E-state index in [2.05, 4.69) is 11.6 Å². The molecule has 0 N–H and O–H groups in total. The van der Waals surface area contributed by atoms with Gasteiger partial charge in [-0.2, -0.15) is 0 Å². The zero-order chi connectivity index (χ0) is 9.84. The fourth-order valence-corrected chi connectivity index (χ4v) is 1.50. The smallest absolute Gasteiger partial charge is 0.251 e. The standard InChI is InChI=1S/C10H16N2O/c1-4-10(13)12(8(2)3)9-6-5-7-11-9/h4,8H,1,5-7H2,2-3H3. The number of rotatable bonds is 2. The van der Waals surface area contributed by atoms with Gasteiger partial charge in [0.25, 0.3) is 5.91 Å². The molecule has 0 unspecified atom stereocenters. The van der Waals surface area contributed by atoms with E-state index in [4.69, 9.17) is 0 Å². The SMILES string of the molecule is C=CC(=O)N(C1=NCCC1)C(C)C. The van der Waals surface area contributed by atoms with Crippen LogP contribution in [0, 0.1) is 0 Å². The lowest BCUT2D eigenvalue weighted by atomic mass is 10.2. The minimum atomic E-state index is -0.0457. The summed E-state index contributed by atoms with van der Waals surface area (Å²) in [4.78, 5) is 17.5. The summed E-state index contributed by atoms with van der Waals surface area (Å²) in [5.41, 5.74) is 0. The van der Waals surface area contributed by atoms with Gasteiger partial charge in [-0.05, 0) is 26.3 Å². The highest BCUT2D eigenvalue weighted by Crippen LogP contribution is 2.12. The summed E-state index contributed by atoms with van der Waals surface area (Å²) in [6, 6.07) is 0.169. The molecule has 1 aliphatic rings. The lowest BCUT2D eigenvalue weighted by Gasteiger charge is -2.25. The number of hydrogen-bond acceptors (Lipinski definition) is 2. The van der Waals surface area contributed by atoms with E-state index in [1.54, 1.807) is 4.90 Å². The molecule has 0 bridgehead atoms. The second-order valence-electron chi connectivity index (χ2n) is 3.41. The van der Waals surface area contributed by atoms with E-state index in [1.165, 1.54) is 6.08 Å². The first-order chi connectivity index (χ1) is 6.16. The molecular weight excluding hydrogens is 164 g/mol. The molecule has 0 aromatic carbocycles. The van der Waals surface area contributed by atoms with Crippen molar-refractivity contribution < 1.29 is 4.79 Å². The van der Waals surface area contributed by atoms with Gasteiger partial charge in [-0.25, -0.2) is 0 Å². The maximum absolute atomic E-state index is 11.5. The highest BCUT2D eigenvalue weighted by Gasteiger charge is 2.21. The van der Waals surface area contributed by atoms with Crippen LogP contribution in [0.25, 0.3) is 0 Å². The van der Waals surface area contributed by atoms with Crippen LogP contribution >= 0.6 is 0 Å². The minimum absolute atomic E-state index is 0.0457. The Kier molecular flexibility index (Phi) is 3.23. The lowest BCUT2D eigenvalue weighted by molar-refractivity contribution is -0.123. The summed E-state index contributed by atoms with van der Waals surface area (Å²) in [6.45, 7) is 8.32. The molecule has 0 spiro atoms. The summed E-state index contributed by atoms with van der Waals surface area (Å²) in [5.74, 6) is 0.871. The molecule has 0 aromatic rings. The zero-order valence-electron chi connectivity index (χ0n) is 8.29. The van der Waals surface area contributed by atoms with E-state index in [1.807, 2.05) is 13.8 Å². The summed E-state index contributed by atoms with van der Waals surface area (Å²) >= 11 is 0. The number of amides is 1. The van der Waals surface area contributed by atoms with Crippen molar-refractivity contribution >= 4 is 11.7 Å². The average molecular weight is 180 g/mol. The molecule has 3 nitrogen and oxygen atoms in total. The van der Waals surface area contributed by atoms with E-state index in [0.717, 1.165) is 25.2 Å². The van der Waals surface area contributed by atoms with Crippen LogP contribution in [-0.2, 0) is 4.79 Å². The summed E-state index contributed by atoms with van der Waals surface area (Å²) in [6.07, 6.45) is 3.32. The largest absolute Gasteiger partial charge is 0.295 e. The maximum atomic E-state index is 11.5. The highest BCUT2D eigenvalue weighted by molar-refractivity contribution is 6.03. The van der Waals surface area contributed by atoms with Crippen LogP contribution in [0.2, 0.25) is 0 Å². The lowest BCUT2D eigenvalue weighted by Crippen LogP contribution is -2.40. The second-order valence-corrected chi connectivity index (χ2v) is 3.41. The van der Waals surface area contributed by atoms with Gasteiger partial charge in [0.05, 0.1) is 0 Å². The van der Waals surface area contributed by atoms with Gasteiger partial charge in [-0.1, -0.05) is 6.58 Å². The Hall–Kier alpha value is -1.12. The van der Waals surface area contributed by atoms with Gasteiger partial charge < -0.3 is 0 Å². The summed E-state index contributed by atoms with van der Waals surface area (Å²) in [7, 11) is 0. The third-order valence-electron chi connectivity index (χ3n) is 2.06. The Bertz CT molecular complexity index is 243. The molecule has 0 saturated carbocycles. The quantitative estimate of drug-likeness (QED) is 0.594. The Balaban J connectivity index is 2.78. The van der Waals surface area contributed by atoms with Gasteiger partial charge >= 0.3 is 0 Å². The van der Waals surface area contributed by atoms with Crippen LogP contribution in [-0.4, -0.2) is 29.2 Å². The third kappa shape index (κ3) is 2.17. The Morgan fingerprint density at radius 3 is 2.77 bits per heavy atom. The van der Waals surface area contributed by atoms with E-state index in [0.29, 0.717) is 0 Å². The summed E-state index contributed by atoms with van der Waals surface area (Å²) in [5, 5.41) is 0. The first kappa shape index (κ1) is 9.96. The van der Waals surface area contributed by atoms with Crippen LogP contribution in [0.4, 0.5) is 0 Å². The van der Waals surface area contributed by atoms with E-state index >= 15 is 0 Å². The normalized spacial score (nSPS) is 15.8. The van der Waals surface area contributed by atoms with Crippen molar-refractivity contribution in [3.8, 4) is 0 Å². The molecule has 1 aliphatic heterocycles. The molecule has 1 amide bonds. The predicted octanol–water partition coefficient (Wildman–Crippen LogP) is 1.60. The number of nitrogens with zero attached hydrogens (tertiary/aromatic N) is 2. The molecule has 0 aliphatic carbocycles. The first-order valence-electron chi connectivity index (χ1n) is 4.65. The van der Waals surface area contributed by atoms with Crippen molar-refractivity contribution in [2.45, 2.75) is 32.7 Å². The molecule has 0 fully saturated rings. The molecule has 0 radical (unpaired) electrons. The number of hydrogen-bond donors (Lipinski definition) is 0. The first-order valence-corrected chi connectivity index (χ1v) is 4.65. The van der Waals surface area contributed by atoms with Gasteiger partial charge in [0, 0.05) is 19.0 Å². The third-order valence-corrected chi connectivity index (χ3v) is 2.06. The van der Waals surface area contributed by atoms with Crippen molar-refractivity contribution in [1.82, 2.24) is 4.90 Å². The van der Waals surface area contributed by atoms with Crippen LogP contribution < -0.4 is 0 Å². The van der Waals surface area contributed by atoms with Crippen LogP contribution in [0.3, 0.4) is 0 Å². The fraction of sp³-hybridized carbons (Fsp3) is 0.600. The number of amidine groups is 1. The van der Waals surface area contributed by atoms with Crippen LogP contribution in [0.15, 0.2) is 17.6 Å². The summed E-state index contributed by atoms with van der Waals surface area (Å²) < 4.78 is 0. The minimum Gasteiger partial charge on any atom is -0.295 e. The topological polar surface area (TPSA) is 32.7 Å². The van der Waals surface area contributed by atoms with Crippen LogP contribution in [0.1, 0.15) is 26.7 Å². The van der Waals surface area contributed by atoms with Crippen molar-refractivity contribution in [3.05, 3.63) is 12.7 Å². The van der Waals surface area contributed by atoms with Crippen molar-refractivity contribution in [3.63, 3.8) is 0 Å². The number of aliphatic imine (C=N–C) groups is 1. The molecular formula is C10H16N2O. The van der Waals surface area contributed by atoms with Gasteiger partial charge in [-0.3, -0.25) is 14.7 Å². The molecule has 0 atom stereocenters. The average Bonchev–Trinajstić information content (AvgIpc) is 2.56. The van der Waals surface area contributed by atoms with Gasteiger partial charge in [0.2, 0.25) is 0 Å². The van der Waals surface area contributed by atoms with Crippen molar-refractivity contribution in [2.75, 3.05) is 6.54 Å². The molecule has 13 heavy (non-hydrogen) atoms. The Labute approximate surface area is 79.1 Å². The van der Waals surface area contributed by atoms with Gasteiger partial charge in [0.15, 0.2) is 0 Å². The Morgan fingerprint density at radius 1 is 1.69 bits per heavy atom. The number of carbonyl (C=O) groups is 1. The molecule has 0 aromatic heterocycles. The Morgan fingerprint density at radius 2 is 2.38 bits per heavy atom. The predicted molar refractivity (Wildman–Crippen MR) is 53.7 cm³/mol.